The molecule has 2 aliphatic rings. The molecule has 21 heavy (non-hydrogen) atoms. The Hall–Kier alpha value is -0.900. The number of benzene rings is 1. The third-order valence-electron chi connectivity index (χ3n) is 5.02. The first-order valence-electron chi connectivity index (χ1n) is 8.41. The second kappa shape index (κ2) is 6.91. The minimum atomic E-state index is -0.370. The van der Waals surface area contributed by atoms with Crippen molar-refractivity contribution in [3.63, 3.8) is 0 Å². The van der Waals surface area contributed by atoms with Gasteiger partial charge in [0, 0.05) is 19.2 Å². The number of aliphatic hydroxyl groups is 1. The molecule has 0 bridgehead atoms. The lowest BCUT2D eigenvalue weighted by Gasteiger charge is -2.35. The fourth-order valence-corrected chi connectivity index (χ4v) is 3.85. The zero-order chi connectivity index (χ0) is 14.7. The highest BCUT2D eigenvalue weighted by atomic mass is 16.5. The van der Waals surface area contributed by atoms with Crippen LogP contribution in [0, 0.1) is 0 Å². The Morgan fingerprint density at radius 3 is 2.86 bits per heavy atom. The molecule has 1 aliphatic carbocycles. The van der Waals surface area contributed by atoms with E-state index in [-0.39, 0.29) is 12.1 Å². The molecule has 1 aromatic carbocycles. The number of rotatable bonds is 4. The van der Waals surface area contributed by atoms with E-state index in [0.29, 0.717) is 6.10 Å². The first kappa shape index (κ1) is 15.0. The van der Waals surface area contributed by atoms with Gasteiger partial charge in [0.2, 0.25) is 0 Å². The van der Waals surface area contributed by atoms with Crippen molar-refractivity contribution in [2.24, 2.45) is 0 Å². The van der Waals surface area contributed by atoms with Crippen LogP contribution in [-0.4, -0.2) is 41.8 Å². The first-order chi connectivity index (χ1) is 10.3. The lowest BCUT2D eigenvalue weighted by molar-refractivity contribution is 0.00996. The summed E-state index contributed by atoms with van der Waals surface area (Å²) in [5.74, 6) is 0. The SMILES string of the molecule is CCN(CC1CCCO1)C1CCCc2ccccc2C1O. The van der Waals surface area contributed by atoms with E-state index in [2.05, 4.69) is 30.0 Å². The zero-order valence-electron chi connectivity index (χ0n) is 13.0. The molecule has 0 amide bonds. The van der Waals surface area contributed by atoms with Crippen LogP contribution >= 0.6 is 0 Å². The second-order valence-electron chi connectivity index (χ2n) is 6.33. The molecule has 1 saturated heterocycles. The largest absolute Gasteiger partial charge is 0.387 e. The number of nitrogens with zero attached hydrogens (tertiary/aromatic N) is 1. The van der Waals surface area contributed by atoms with Crippen LogP contribution in [0.5, 0.6) is 0 Å². The highest BCUT2D eigenvalue weighted by molar-refractivity contribution is 5.31. The Balaban J connectivity index is 1.76. The summed E-state index contributed by atoms with van der Waals surface area (Å²) in [5.41, 5.74) is 2.45. The maximum atomic E-state index is 10.9. The van der Waals surface area contributed by atoms with Gasteiger partial charge in [-0.2, -0.15) is 0 Å². The maximum absolute atomic E-state index is 10.9. The van der Waals surface area contributed by atoms with Crippen LogP contribution in [0.1, 0.15) is 49.8 Å². The lowest BCUT2D eigenvalue weighted by atomic mass is 9.97. The van der Waals surface area contributed by atoms with Gasteiger partial charge in [-0.3, -0.25) is 4.90 Å². The molecule has 1 aliphatic heterocycles. The van der Waals surface area contributed by atoms with Gasteiger partial charge in [0.05, 0.1) is 12.2 Å². The Kier molecular flexibility index (Phi) is 4.94. The van der Waals surface area contributed by atoms with Gasteiger partial charge in [-0.25, -0.2) is 0 Å². The smallest absolute Gasteiger partial charge is 0.0947 e. The van der Waals surface area contributed by atoms with Gasteiger partial charge in [0.15, 0.2) is 0 Å². The number of likely N-dealkylation sites (N-methyl/N-ethyl adjacent to an activating group) is 1. The molecule has 1 N–H and O–H groups in total. The van der Waals surface area contributed by atoms with Crippen molar-refractivity contribution in [2.45, 2.75) is 57.3 Å². The number of aryl methyl sites for hydroxylation is 1. The van der Waals surface area contributed by atoms with E-state index < -0.39 is 0 Å². The quantitative estimate of drug-likeness (QED) is 0.865. The van der Waals surface area contributed by atoms with Gasteiger partial charge in [-0.1, -0.05) is 31.2 Å². The van der Waals surface area contributed by atoms with Crippen molar-refractivity contribution in [3.05, 3.63) is 35.4 Å². The number of ether oxygens (including phenoxy) is 1. The van der Waals surface area contributed by atoms with Crippen LogP contribution in [-0.2, 0) is 11.2 Å². The molecule has 3 heteroatoms. The molecule has 3 nitrogen and oxygen atoms in total. The number of hydrogen-bond acceptors (Lipinski definition) is 3. The normalized spacial score (nSPS) is 29.4. The van der Waals surface area contributed by atoms with E-state index >= 15 is 0 Å². The summed E-state index contributed by atoms with van der Waals surface area (Å²) >= 11 is 0. The van der Waals surface area contributed by atoms with Crippen LogP contribution in [0.25, 0.3) is 0 Å². The predicted molar refractivity (Wildman–Crippen MR) is 84.3 cm³/mol. The summed E-state index contributed by atoms with van der Waals surface area (Å²) in [6.45, 7) is 5.03. The van der Waals surface area contributed by atoms with Crippen molar-refractivity contribution >= 4 is 0 Å². The Morgan fingerprint density at radius 1 is 1.24 bits per heavy atom. The zero-order valence-corrected chi connectivity index (χ0v) is 13.0. The highest BCUT2D eigenvalue weighted by Crippen LogP contribution is 2.32. The molecule has 3 rings (SSSR count). The third-order valence-corrected chi connectivity index (χ3v) is 5.02. The van der Waals surface area contributed by atoms with Crippen LogP contribution in [0.3, 0.4) is 0 Å². The molecule has 1 heterocycles. The molecule has 1 fully saturated rings. The summed E-state index contributed by atoms with van der Waals surface area (Å²) in [4.78, 5) is 2.43. The molecular weight excluding hydrogens is 262 g/mol. The number of hydrogen-bond donors (Lipinski definition) is 1. The van der Waals surface area contributed by atoms with E-state index in [9.17, 15) is 5.11 Å². The molecular formula is C18H27NO2. The van der Waals surface area contributed by atoms with Gasteiger partial charge < -0.3 is 9.84 Å². The average molecular weight is 289 g/mol. The molecule has 3 unspecified atom stereocenters. The van der Waals surface area contributed by atoms with E-state index in [1.165, 1.54) is 12.0 Å². The molecule has 0 spiro atoms. The average Bonchev–Trinajstić information content (AvgIpc) is 2.97. The molecule has 116 valence electrons. The minimum Gasteiger partial charge on any atom is -0.387 e. The highest BCUT2D eigenvalue weighted by Gasteiger charge is 2.31. The first-order valence-corrected chi connectivity index (χ1v) is 8.41. The van der Waals surface area contributed by atoms with Crippen LogP contribution < -0.4 is 0 Å². The standard InChI is InChI=1S/C18H27NO2/c1-2-19(13-15-9-6-12-21-15)17-11-5-8-14-7-3-4-10-16(14)18(17)20/h3-4,7,10,15,17-18,20H,2,5-6,8-9,11-13H2,1H3. The Bertz CT molecular complexity index is 456. The fraction of sp³-hybridized carbons (Fsp3) is 0.667. The van der Waals surface area contributed by atoms with Gasteiger partial charge in [0.1, 0.15) is 0 Å². The summed E-state index contributed by atoms with van der Waals surface area (Å²) in [6.07, 6.45) is 5.63. The summed E-state index contributed by atoms with van der Waals surface area (Å²) in [6, 6.07) is 8.61. The topological polar surface area (TPSA) is 32.7 Å². The van der Waals surface area contributed by atoms with Gasteiger partial charge >= 0.3 is 0 Å². The molecule has 3 atom stereocenters. The van der Waals surface area contributed by atoms with E-state index in [4.69, 9.17) is 4.74 Å². The predicted octanol–water partition coefficient (Wildman–Crippen LogP) is 2.93. The number of fused-ring (bicyclic) bond motifs is 1. The van der Waals surface area contributed by atoms with Crippen molar-refractivity contribution in [3.8, 4) is 0 Å². The van der Waals surface area contributed by atoms with Crippen LogP contribution in [0.4, 0.5) is 0 Å². The van der Waals surface area contributed by atoms with Crippen molar-refractivity contribution in [1.82, 2.24) is 4.90 Å². The van der Waals surface area contributed by atoms with Gasteiger partial charge in [-0.05, 0) is 49.8 Å². The van der Waals surface area contributed by atoms with E-state index in [1.54, 1.807) is 0 Å². The summed E-state index contributed by atoms with van der Waals surface area (Å²) in [7, 11) is 0. The summed E-state index contributed by atoms with van der Waals surface area (Å²) in [5, 5.41) is 10.9. The fourth-order valence-electron chi connectivity index (χ4n) is 3.85. The Morgan fingerprint density at radius 2 is 2.10 bits per heavy atom. The van der Waals surface area contributed by atoms with Gasteiger partial charge in [-0.15, -0.1) is 0 Å². The molecule has 1 aromatic rings. The molecule has 0 radical (unpaired) electrons. The van der Waals surface area contributed by atoms with Gasteiger partial charge in [0.25, 0.3) is 0 Å². The van der Waals surface area contributed by atoms with Crippen molar-refractivity contribution < 1.29 is 9.84 Å². The monoisotopic (exact) mass is 289 g/mol. The lowest BCUT2D eigenvalue weighted by Crippen LogP contribution is -2.43. The second-order valence-corrected chi connectivity index (χ2v) is 6.33. The third kappa shape index (κ3) is 3.31. The van der Waals surface area contributed by atoms with E-state index in [0.717, 1.165) is 50.9 Å². The molecule has 0 aromatic heterocycles. The van der Waals surface area contributed by atoms with E-state index in [1.807, 2.05) is 6.07 Å². The molecule has 0 saturated carbocycles. The summed E-state index contributed by atoms with van der Waals surface area (Å²) < 4.78 is 5.79. The van der Waals surface area contributed by atoms with Crippen molar-refractivity contribution in [1.29, 1.82) is 0 Å². The number of aliphatic hydroxyl groups excluding tert-OH is 1. The van der Waals surface area contributed by atoms with Crippen molar-refractivity contribution in [2.75, 3.05) is 19.7 Å². The Labute approximate surface area is 127 Å². The maximum Gasteiger partial charge on any atom is 0.0947 e. The van der Waals surface area contributed by atoms with Crippen LogP contribution in [0.2, 0.25) is 0 Å². The van der Waals surface area contributed by atoms with Crippen LogP contribution in [0.15, 0.2) is 24.3 Å². The minimum absolute atomic E-state index is 0.225.